The van der Waals surface area contributed by atoms with Gasteiger partial charge in [0.25, 0.3) is 0 Å². The summed E-state index contributed by atoms with van der Waals surface area (Å²) in [4.78, 5) is 13.0. The van der Waals surface area contributed by atoms with Gasteiger partial charge in [0.05, 0.1) is 11.2 Å². The molecule has 3 aromatic rings. The van der Waals surface area contributed by atoms with Crippen molar-refractivity contribution in [2.24, 2.45) is 0 Å². The van der Waals surface area contributed by atoms with Crippen LogP contribution >= 0.6 is 0 Å². The van der Waals surface area contributed by atoms with Crippen LogP contribution in [-0.2, 0) is 5.41 Å². The van der Waals surface area contributed by atoms with E-state index in [0.717, 1.165) is 27.7 Å². The fourth-order valence-corrected chi connectivity index (χ4v) is 2.57. The van der Waals surface area contributed by atoms with E-state index in [1.807, 2.05) is 18.2 Å². The number of nitrogen functional groups attached to an aromatic ring is 1. The number of nitrogens with zero attached hydrogens (tertiary/aromatic N) is 3. The summed E-state index contributed by atoms with van der Waals surface area (Å²) >= 11 is 0. The first-order chi connectivity index (χ1) is 9.97. The maximum atomic E-state index is 6.09. The molecule has 0 radical (unpaired) electrons. The Hall–Kier alpha value is -2.49. The third kappa shape index (κ3) is 2.44. The second kappa shape index (κ2) is 4.81. The lowest BCUT2D eigenvalue weighted by molar-refractivity contribution is 0.589. The van der Waals surface area contributed by atoms with Crippen LogP contribution in [0.1, 0.15) is 26.3 Å². The minimum absolute atomic E-state index is 0.125. The molecule has 0 spiro atoms. The Morgan fingerprint density at radius 3 is 2.57 bits per heavy atom. The van der Waals surface area contributed by atoms with E-state index in [9.17, 15) is 0 Å². The smallest absolute Gasteiger partial charge is 0.131 e. The Balaban J connectivity index is 2.25. The Morgan fingerprint density at radius 1 is 1.00 bits per heavy atom. The quantitative estimate of drug-likeness (QED) is 0.739. The molecule has 0 saturated carbocycles. The van der Waals surface area contributed by atoms with E-state index in [2.05, 4.69) is 47.9 Å². The number of fused-ring (bicyclic) bond motifs is 1. The molecule has 3 rings (SSSR count). The molecule has 4 nitrogen and oxygen atoms in total. The zero-order chi connectivity index (χ0) is 15.0. The third-order valence-corrected chi connectivity index (χ3v) is 3.51. The largest absolute Gasteiger partial charge is 0.383 e. The van der Waals surface area contributed by atoms with Crippen molar-refractivity contribution in [3.05, 3.63) is 48.4 Å². The molecule has 0 unspecified atom stereocenters. The summed E-state index contributed by atoms with van der Waals surface area (Å²) in [6, 6.07) is 10.1. The molecule has 0 fully saturated rings. The van der Waals surface area contributed by atoms with Crippen molar-refractivity contribution >= 4 is 16.7 Å². The molecule has 0 aliphatic rings. The topological polar surface area (TPSA) is 64.7 Å². The molecular formula is C17H18N4. The Morgan fingerprint density at radius 2 is 1.81 bits per heavy atom. The van der Waals surface area contributed by atoms with Crippen molar-refractivity contribution in [2.45, 2.75) is 26.2 Å². The van der Waals surface area contributed by atoms with Gasteiger partial charge in [0.1, 0.15) is 12.1 Å². The lowest BCUT2D eigenvalue weighted by atomic mass is 9.84. The van der Waals surface area contributed by atoms with E-state index in [4.69, 9.17) is 5.73 Å². The van der Waals surface area contributed by atoms with E-state index in [1.165, 1.54) is 6.33 Å². The molecule has 2 heterocycles. The highest BCUT2D eigenvalue weighted by Crippen LogP contribution is 2.35. The lowest BCUT2D eigenvalue weighted by Gasteiger charge is -2.23. The number of nitrogens with two attached hydrogens (primary N) is 1. The average molecular weight is 278 g/mol. The molecule has 0 bridgehead atoms. The maximum Gasteiger partial charge on any atom is 0.131 e. The minimum Gasteiger partial charge on any atom is -0.383 e. The van der Waals surface area contributed by atoms with Crippen LogP contribution in [0.15, 0.2) is 42.9 Å². The summed E-state index contributed by atoms with van der Waals surface area (Å²) in [6.07, 6.45) is 3.31. The molecule has 2 aromatic heterocycles. The number of pyridine rings is 1. The van der Waals surface area contributed by atoms with Gasteiger partial charge in [0, 0.05) is 22.7 Å². The first kappa shape index (κ1) is 13.5. The van der Waals surface area contributed by atoms with E-state index < -0.39 is 0 Å². The normalized spacial score (nSPS) is 11.8. The maximum absolute atomic E-state index is 6.09. The summed E-state index contributed by atoms with van der Waals surface area (Å²) in [5.74, 6) is 0.536. The molecule has 21 heavy (non-hydrogen) atoms. The van der Waals surface area contributed by atoms with E-state index in [0.29, 0.717) is 5.82 Å². The van der Waals surface area contributed by atoms with E-state index in [-0.39, 0.29) is 5.41 Å². The van der Waals surface area contributed by atoms with Gasteiger partial charge in [-0.2, -0.15) is 0 Å². The standard InChI is InChI=1S/C17H18N4/c1-17(2,3)14-15(20-10-21-16(14)18)12-7-6-11-5-4-8-19-13(11)9-12/h4-10H,1-3H3,(H2,18,20,21). The molecule has 0 amide bonds. The fraction of sp³-hybridized carbons (Fsp3) is 0.235. The van der Waals surface area contributed by atoms with Gasteiger partial charge < -0.3 is 5.73 Å². The number of aromatic nitrogens is 3. The van der Waals surface area contributed by atoms with Gasteiger partial charge in [0.2, 0.25) is 0 Å². The van der Waals surface area contributed by atoms with E-state index in [1.54, 1.807) is 6.20 Å². The van der Waals surface area contributed by atoms with Crippen LogP contribution in [0.2, 0.25) is 0 Å². The van der Waals surface area contributed by atoms with Crippen LogP contribution in [0.3, 0.4) is 0 Å². The third-order valence-electron chi connectivity index (χ3n) is 3.51. The monoisotopic (exact) mass is 278 g/mol. The molecule has 0 aliphatic heterocycles. The van der Waals surface area contributed by atoms with E-state index >= 15 is 0 Å². The lowest BCUT2D eigenvalue weighted by Crippen LogP contribution is -2.17. The fourth-order valence-electron chi connectivity index (χ4n) is 2.57. The highest BCUT2D eigenvalue weighted by Gasteiger charge is 2.23. The van der Waals surface area contributed by atoms with Gasteiger partial charge in [-0.3, -0.25) is 4.98 Å². The summed E-state index contributed by atoms with van der Waals surface area (Å²) in [7, 11) is 0. The van der Waals surface area contributed by atoms with Crippen molar-refractivity contribution in [3.8, 4) is 11.3 Å². The summed E-state index contributed by atoms with van der Waals surface area (Å²) in [5.41, 5.74) is 9.78. The zero-order valence-electron chi connectivity index (χ0n) is 12.5. The summed E-state index contributed by atoms with van der Waals surface area (Å²) < 4.78 is 0. The molecule has 4 heteroatoms. The van der Waals surface area contributed by atoms with Gasteiger partial charge in [-0.15, -0.1) is 0 Å². The minimum atomic E-state index is -0.125. The number of rotatable bonds is 1. The Kier molecular flexibility index (Phi) is 3.09. The molecule has 0 atom stereocenters. The number of hydrogen-bond acceptors (Lipinski definition) is 4. The van der Waals surface area contributed by atoms with Crippen LogP contribution in [0.25, 0.3) is 22.2 Å². The average Bonchev–Trinajstić information content (AvgIpc) is 2.45. The number of anilines is 1. The van der Waals surface area contributed by atoms with Crippen molar-refractivity contribution in [3.63, 3.8) is 0 Å². The number of benzene rings is 1. The van der Waals surface area contributed by atoms with Crippen molar-refractivity contribution < 1.29 is 0 Å². The van der Waals surface area contributed by atoms with Gasteiger partial charge in [-0.1, -0.05) is 39.0 Å². The number of hydrogen-bond donors (Lipinski definition) is 1. The van der Waals surface area contributed by atoms with Crippen molar-refractivity contribution in [2.75, 3.05) is 5.73 Å². The highest BCUT2D eigenvalue weighted by atomic mass is 14.9. The Bertz CT molecular complexity index is 803. The van der Waals surface area contributed by atoms with Gasteiger partial charge >= 0.3 is 0 Å². The summed E-state index contributed by atoms with van der Waals surface area (Å²) in [6.45, 7) is 6.35. The SMILES string of the molecule is CC(C)(C)c1c(N)ncnc1-c1ccc2cccnc2c1. The zero-order valence-corrected chi connectivity index (χ0v) is 12.5. The van der Waals surface area contributed by atoms with Crippen LogP contribution in [0, 0.1) is 0 Å². The van der Waals surface area contributed by atoms with Crippen LogP contribution in [0.5, 0.6) is 0 Å². The summed E-state index contributed by atoms with van der Waals surface area (Å²) in [5, 5.41) is 1.11. The molecule has 0 saturated heterocycles. The second-order valence-electron chi connectivity index (χ2n) is 6.14. The predicted molar refractivity (Wildman–Crippen MR) is 85.9 cm³/mol. The molecule has 0 aliphatic carbocycles. The van der Waals surface area contributed by atoms with Crippen LogP contribution in [0.4, 0.5) is 5.82 Å². The second-order valence-corrected chi connectivity index (χ2v) is 6.14. The first-order valence-corrected chi connectivity index (χ1v) is 6.93. The predicted octanol–water partition coefficient (Wildman–Crippen LogP) is 3.57. The highest BCUT2D eigenvalue weighted by molar-refractivity contribution is 5.84. The van der Waals surface area contributed by atoms with Crippen molar-refractivity contribution in [1.29, 1.82) is 0 Å². The molecule has 1 aromatic carbocycles. The van der Waals surface area contributed by atoms with Crippen LogP contribution in [-0.4, -0.2) is 15.0 Å². The molecular weight excluding hydrogens is 260 g/mol. The van der Waals surface area contributed by atoms with Gasteiger partial charge in [-0.25, -0.2) is 9.97 Å². The van der Waals surface area contributed by atoms with Crippen molar-refractivity contribution in [1.82, 2.24) is 15.0 Å². The molecule has 2 N–H and O–H groups in total. The van der Waals surface area contributed by atoms with Gasteiger partial charge in [-0.05, 0) is 17.5 Å². The molecule has 106 valence electrons. The van der Waals surface area contributed by atoms with Crippen LogP contribution < -0.4 is 5.73 Å². The van der Waals surface area contributed by atoms with Gasteiger partial charge in [0.15, 0.2) is 0 Å². The first-order valence-electron chi connectivity index (χ1n) is 6.93. The Labute approximate surface area is 124 Å².